The lowest BCUT2D eigenvalue weighted by Crippen LogP contribution is -2.17. The molecule has 1 atom stereocenters. The predicted molar refractivity (Wildman–Crippen MR) is 74.1 cm³/mol. The maximum absolute atomic E-state index is 6.17. The van der Waals surface area contributed by atoms with Gasteiger partial charge in [0.2, 0.25) is 0 Å². The number of nitrogens with two attached hydrogens (primary N) is 1. The Balaban J connectivity index is 2.30. The molecule has 0 amide bonds. The Morgan fingerprint density at radius 1 is 1.47 bits per heavy atom. The largest absolute Gasteiger partial charge is 0.328 e. The van der Waals surface area contributed by atoms with Crippen molar-refractivity contribution in [2.24, 2.45) is 5.73 Å². The van der Waals surface area contributed by atoms with Gasteiger partial charge < -0.3 is 5.73 Å². The van der Waals surface area contributed by atoms with Crippen LogP contribution < -0.4 is 5.73 Å². The molecule has 0 aliphatic heterocycles. The Bertz CT molecular complexity index is 522. The molecule has 3 nitrogen and oxygen atoms in total. The minimum absolute atomic E-state index is 0.115. The highest BCUT2D eigenvalue weighted by atomic mass is 79.9. The number of aromatic nitrogens is 2. The summed E-state index contributed by atoms with van der Waals surface area (Å²) in [6.45, 7) is 1.97. The van der Waals surface area contributed by atoms with Crippen LogP contribution in [0.5, 0.6) is 0 Å². The van der Waals surface area contributed by atoms with Gasteiger partial charge in [-0.15, -0.1) is 0 Å². The zero-order chi connectivity index (χ0) is 12.4. The van der Waals surface area contributed by atoms with Crippen LogP contribution in [0.15, 0.2) is 28.7 Å². The lowest BCUT2D eigenvalue weighted by Gasteiger charge is -2.01. The lowest BCUT2D eigenvalue weighted by molar-refractivity contribution is 0.719. The number of rotatable bonds is 3. The smallest absolute Gasteiger partial charge is 0.0938 e. The molecule has 3 N–H and O–H groups in total. The van der Waals surface area contributed by atoms with E-state index in [2.05, 4.69) is 26.1 Å². The van der Waals surface area contributed by atoms with Crippen molar-refractivity contribution in [1.82, 2.24) is 10.2 Å². The van der Waals surface area contributed by atoms with Gasteiger partial charge in [-0.05, 0) is 25.1 Å². The van der Waals surface area contributed by atoms with Gasteiger partial charge in [0.05, 0.1) is 10.7 Å². The lowest BCUT2D eigenvalue weighted by atomic mass is 10.1. The van der Waals surface area contributed by atoms with Crippen LogP contribution >= 0.6 is 27.5 Å². The summed E-state index contributed by atoms with van der Waals surface area (Å²) in [5.74, 6) is 0. The van der Waals surface area contributed by atoms with Gasteiger partial charge in [-0.1, -0.05) is 33.6 Å². The van der Waals surface area contributed by atoms with Gasteiger partial charge >= 0.3 is 0 Å². The minimum atomic E-state index is 0.115. The van der Waals surface area contributed by atoms with Gasteiger partial charge in [-0.3, -0.25) is 5.10 Å². The summed E-state index contributed by atoms with van der Waals surface area (Å²) in [4.78, 5) is 0. The number of hydrogen-bond donors (Lipinski definition) is 2. The second-order valence-corrected chi connectivity index (χ2v) is 5.41. The first-order chi connectivity index (χ1) is 8.06. The van der Waals surface area contributed by atoms with Crippen molar-refractivity contribution in [2.45, 2.75) is 19.4 Å². The zero-order valence-electron chi connectivity index (χ0n) is 9.37. The first kappa shape index (κ1) is 12.6. The maximum atomic E-state index is 6.17. The molecule has 0 bridgehead atoms. The number of H-pyrrole nitrogens is 1. The van der Waals surface area contributed by atoms with Crippen molar-refractivity contribution in [3.8, 4) is 11.3 Å². The van der Waals surface area contributed by atoms with Gasteiger partial charge in [0.15, 0.2) is 0 Å². The number of benzene rings is 1. The van der Waals surface area contributed by atoms with Crippen molar-refractivity contribution >= 4 is 27.5 Å². The Morgan fingerprint density at radius 3 is 2.88 bits per heavy atom. The van der Waals surface area contributed by atoms with E-state index in [4.69, 9.17) is 17.3 Å². The Labute approximate surface area is 113 Å². The summed E-state index contributed by atoms with van der Waals surface area (Å²) < 4.78 is 0.956. The summed E-state index contributed by atoms with van der Waals surface area (Å²) in [6.07, 6.45) is 0.779. The number of nitrogens with zero attached hydrogens (tertiary/aromatic N) is 1. The monoisotopic (exact) mass is 313 g/mol. The molecule has 1 heterocycles. The fourth-order valence-corrected chi connectivity index (χ4v) is 2.42. The van der Waals surface area contributed by atoms with Gasteiger partial charge in [0, 0.05) is 28.2 Å². The van der Waals surface area contributed by atoms with E-state index in [1.54, 1.807) is 0 Å². The van der Waals surface area contributed by atoms with Crippen molar-refractivity contribution in [1.29, 1.82) is 0 Å². The quantitative estimate of drug-likeness (QED) is 0.912. The van der Waals surface area contributed by atoms with Crippen LogP contribution in [-0.4, -0.2) is 16.2 Å². The van der Waals surface area contributed by atoms with Crippen LogP contribution in [0.2, 0.25) is 5.02 Å². The average molecular weight is 315 g/mol. The van der Waals surface area contributed by atoms with Gasteiger partial charge in [-0.25, -0.2) is 0 Å². The van der Waals surface area contributed by atoms with Crippen molar-refractivity contribution in [2.75, 3.05) is 0 Å². The molecule has 0 saturated heterocycles. The topological polar surface area (TPSA) is 54.7 Å². The third kappa shape index (κ3) is 3.09. The summed E-state index contributed by atoms with van der Waals surface area (Å²) >= 11 is 9.55. The van der Waals surface area contributed by atoms with E-state index >= 15 is 0 Å². The van der Waals surface area contributed by atoms with E-state index < -0.39 is 0 Å². The summed E-state index contributed by atoms with van der Waals surface area (Å²) in [7, 11) is 0. The molecule has 1 aromatic carbocycles. The normalized spacial score (nSPS) is 12.7. The summed E-state index contributed by atoms with van der Waals surface area (Å²) in [6, 6.07) is 7.85. The number of halogens is 2. The third-order valence-electron chi connectivity index (χ3n) is 2.38. The van der Waals surface area contributed by atoms with Crippen molar-refractivity contribution in [3.63, 3.8) is 0 Å². The Hall–Kier alpha value is -0.840. The van der Waals surface area contributed by atoms with Crippen LogP contribution in [0.4, 0.5) is 0 Å². The highest BCUT2D eigenvalue weighted by molar-refractivity contribution is 9.10. The van der Waals surface area contributed by atoms with E-state index in [1.807, 2.05) is 31.2 Å². The molecular weight excluding hydrogens is 302 g/mol. The molecule has 0 aliphatic rings. The fourth-order valence-electron chi connectivity index (χ4n) is 1.65. The molecule has 90 valence electrons. The van der Waals surface area contributed by atoms with Crippen LogP contribution in [0, 0.1) is 0 Å². The maximum Gasteiger partial charge on any atom is 0.0938 e. The molecule has 0 spiro atoms. The Kier molecular flexibility index (Phi) is 3.86. The number of nitrogens with one attached hydrogen (secondary N) is 1. The second-order valence-electron chi connectivity index (χ2n) is 4.08. The fraction of sp³-hybridized carbons (Fsp3) is 0.250. The molecule has 0 radical (unpaired) electrons. The number of hydrogen-bond acceptors (Lipinski definition) is 2. The van der Waals surface area contributed by atoms with Gasteiger partial charge in [-0.2, -0.15) is 5.10 Å². The van der Waals surface area contributed by atoms with Crippen LogP contribution in [0.25, 0.3) is 11.3 Å². The average Bonchev–Trinajstić information content (AvgIpc) is 2.65. The molecule has 17 heavy (non-hydrogen) atoms. The van der Waals surface area contributed by atoms with E-state index in [1.165, 1.54) is 0 Å². The Morgan fingerprint density at radius 2 is 2.24 bits per heavy atom. The second kappa shape index (κ2) is 5.21. The van der Waals surface area contributed by atoms with E-state index in [0.29, 0.717) is 5.02 Å². The molecule has 2 aromatic rings. The molecular formula is C12H13BrClN3. The molecule has 2 rings (SSSR count). The van der Waals surface area contributed by atoms with Gasteiger partial charge in [0.25, 0.3) is 0 Å². The van der Waals surface area contributed by atoms with Crippen LogP contribution in [0.3, 0.4) is 0 Å². The van der Waals surface area contributed by atoms with Gasteiger partial charge in [0.1, 0.15) is 0 Å². The standard InChI is InChI=1S/C12H13BrClN3/c1-7(15)4-9-6-12(17-16-9)10-3-2-8(13)5-11(10)14/h2-3,5-7H,4,15H2,1H3,(H,16,17). The molecule has 0 saturated carbocycles. The van der Waals surface area contributed by atoms with Crippen molar-refractivity contribution < 1.29 is 0 Å². The predicted octanol–water partition coefficient (Wildman–Crippen LogP) is 3.38. The molecule has 5 heteroatoms. The molecule has 1 unspecified atom stereocenters. The van der Waals surface area contributed by atoms with Crippen LogP contribution in [-0.2, 0) is 6.42 Å². The van der Waals surface area contributed by atoms with E-state index in [-0.39, 0.29) is 6.04 Å². The molecule has 0 fully saturated rings. The first-order valence-electron chi connectivity index (χ1n) is 5.31. The van der Waals surface area contributed by atoms with Crippen molar-refractivity contribution in [3.05, 3.63) is 39.5 Å². The highest BCUT2D eigenvalue weighted by Crippen LogP contribution is 2.29. The highest BCUT2D eigenvalue weighted by Gasteiger charge is 2.09. The third-order valence-corrected chi connectivity index (χ3v) is 3.19. The minimum Gasteiger partial charge on any atom is -0.328 e. The SMILES string of the molecule is CC(N)Cc1cc(-c2ccc(Br)cc2Cl)n[nH]1. The number of aromatic amines is 1. The van der Waals surface area contributed by atoms with Crippen LogP contribution in [0.1, 0.15) is 12.6 Å². The van der Waals surface area contributed by atoms with E-state index in [9.17, 15) is 0 Å². The first-order valence-corrected chi connectivity index (χ1v) is 6.48. The van der Waals surface area contributed by atoms with E-state index in [0.717, 1.165) is 27.8 Å². The molecule has 1 aromatic heterocycles. The summed E-state index contributed by atoms with van der Waals surface area (Å²) in [5.41, 5.74) is 8.53. The zero-order valence-corrected chi connectivity index (χ0v) is 11.7. The summed E-state index contributed by atoms with van der Waals surface area (Å²) in [5, 5.41) is 7.91. The molecule has 0 aliphatic carbocycles.